The number of hydrogen-bond donors (Lipinski definition) is 1. The molecule has 0 aliphatic heterocycles. The molecule has 0 spiro atoms. The van der Waals surface area contributed by atoms with Crippen LogP contribution >= 0.6 is 11.8 Å². The quantitative estimate of drug-likeness (QED) is 0.800. The Kier molecular flexibility index (Phi) is 6.71. The Hall–Kier alpha value is -1.75. The molecular weight excluding hydrogens is 308 g/mol. The van der Waals surface area contributed by atoms with E-state index in [-0.39, 0.29) is 11.8 Å². The highest BCUT2D eigenvalue weighted by atomic mass is 32.2. The summed E-state index contributed by atoms with van der Waals surface area (Å²) in [5.41, 5.74) is 1.96. The van der Waals surface area contributed by atoms with Crippen LogP contribution in [0, 0.1) is 0 Å². The molecule has 0 unspecified atom stereocenters. The minimum atomic E-state index is -0.0834. The van der Waals surface area contributed by atoms with Crippen LogP contribution in [0.1, 0.15) is 39.5 Å². The smallest absolute Gasteiger partial charge is 0.237 e. The van der Waals surface area contributed by atoms with Crippen LogP contribution < -0.4 is 5.32 Å². The van der Waals surface area contributed by atoms with Crippen molar-refractivity contribution in [1.82, 2.24) is 4.90 Å². The van der Waals surface area contributed by atoms with Crippen LogP contribution in [0.4, 0.5) is 5.69 Å². The van der Waals surface area contributed by atoms with Crippen molar-refractivity contribution in [3.05, 3.63) is 36.0 Å². The standard InChI is InChI=1S/C18H24N2O2S/c1-3-20(16-7-5-4-6-8-16)18(22)13-23-17-11-9-15(10-12-17)19-14(2)21/h7,9-12H,3-6,8,13H2,1-2H3,(H,19,21). The summed E-state index contributed by atoms with van der Waals surface area (Å²) in [6, 6.07) is 7.57. The first-order valence-corrected chi connectivity index (χ1v) is 9.08. The van der Waals surface area contributed by atoms with E-state index in [0.717, 1.165) is 30.0 Å². The third kappa shape index (κ3) is 5.43. The second kappa shape index (κ2) is 8.77. The van der Waals surface area contributed by atoms with Gasteiger partial charge in [0, 0.05) is 29.7 Å². The van der Waals surface area contributed by atoms with Crippen molar-refractivity contribution >= 4 is 29.3 Å². The lowest BCUT2D eigenvalue weighted by Crippen LogP contribution is -2.32. The van der Waals surface area contributed by atoms with E-state index in [1.165, 1.54) is 37.2 Å². The van der Waals surface area contributed by atoms with Gasteiger partial charge in [-0.15, -0.1) is 11.8 Å². The van der Waals surface area contributed by atoms with Crippen molar-refractivity contribution in [3.8, 4) is 0 Å². The predicted molar refractivity (Wildman–Crippen MR) is 95.4 cm³/mol. The molecule has 0 saturated heterocycles. The molecule has 0 bridgehead atoms. The average Bonchev–Trinajstić information content (AvgIpc) is 2.55. The number of allylic oxidation sites excluding steroid dienone is 2. The van der Waals surface area contributed by atoms with Crippen LogP contribution in [0.3, 0.4) is 0 Å². The zero-order chi connectivity index (χ0) is 16.7. The molecule has 2 rings (SSSR count). The molecule has 2 amide bonds. The van der Waals surface area contributed by atoms with Gasteiger partial charge in [-0.05, 0) is 56.9 Å². The molecule has 1 aromatic rings. The third-order valence-electron chi connectivity index (χ3n) is 3.77. The Morgan fingerprint density at radius 3 is 2.52 bits per heavy atom. The summed E-state index contributed by atoms with van der Waals surface area (Å²) in [4.78, 5) is 26.4. The van der Waals surface area contributed by atoms with Gasteiger partial charge in [0.1, 0.15) is 0 Å². The SMILES string of the molecule is CCN(C(=O)CSc1ccc(NC(C)=O)cc1)C1=CCCCC1. The molecule has 0 atom stereocenters. The first-order chi connectivity index (χ1) is 11.1. The monoisotopic (exact) mass is 332 g/mol. The molecule has 0 heterocycles. The fourth-order valence-corrected chi connectivity index (χ4v) is 3.44. The van der Waals surface area contributed by atoms with E-state index >= 15 is 0 Å². The first-order valence-electron chi connectivity index (χ1n) is 8.10. The number of amides is 2. The number of carbonyl (C=O) groups excluding carboxylic acids is 2. The van der Waals surface area contributed by atoms with Crippen LogP contribution in [0.5, 0.6) is 0 Å². The molecular formula is C18H24N2O2S. The van der Waals surface area contributed by atoms with Gasteiger partial charge in [0.25, 0.3) is 0 Å². The van der Waals surface area contributed by atoms with E-state index in [2.05, 4.69) is 11.4 Å². The molecule has 23 heavy (non-hydrogen) atoms. The molecule has 0 aromatic heterocycles. The van der Waals surface area contributed by atoms with Gasteiger partial charge in [0.15, 0.2) is 0 Å². The Morgan fingerprint density at radius 1 is 1.22 bits per heavy atom. The molecule has 1 aliphatic carbocycles. The second-order valence-corrected chi connectivity index (χ2v) is 6.62. The largest absolute Gasteiger partial charge is 0.326 e. The molecule has 1 aliphatic rings. The normalized spacial score (nSPS) is 14.1. The Bertz CT molecular complexity index is 581. The Morgan fingerprint density at radius 2 is 1.96 bits per heavy atom. The lowest BCUT2D eigenvalue weighted by molar-refractivity contribution is -0.126. The number of rotatable bonds is 6. The van der Waals surface area contributed by atoms with Crippen molar-refractivity contribution < 1.29 is 9.59 Å². The summed E-state index contributed by atoms with van der Waals surface area (Å²) in [5.74, 6) is 0.515. The van der Waals surface area contributed by atoms with Crippen LogP contribution in [-0.2, 0) is 9.59 Å². The molecule has 5 heteroatoms. The number of anilines is 1. The van der Waals surface area contributed by atoms with Gasteiger partial charge in [0.05, 0.1) is 5.75 Å². The average molecular weight is 332 g/mol. The lowest BCUT2D eigenvalue weighted by atomic mass is 10.0. The topological polar surface area (TPSA) is 49.4 Å². The van der Waals surface area contributed by atoms with E-state index in [1.54, 1.807) is 0 Å². The second-order valence-electron chi connectivity index (χ2n) is 5.57. The molecule has 1 aromatic carbocycles. The van der Waals surface area contributed by atoms with E-state index < -0.39 is 0 Å². The van der Waals surface area contributed by atoms with Crippen LogP contribution in [0.2, 0.25) is 0 Å². The molecule has 0 fully saturated rings. The van der Waals surface area contributed by atoms with Crippen LogP contribution in [0.15, 0.2) is 40.9 Å². The molecule has 4 nitrogen and oxygen atoms in total. The van der Waals surface area contributed by atoms with Gasteiger partial charge in [-0.25, -0.2) is 0 Å². The van der Waals surface area contributed by atoms with E-state index in [9.17, 15) is 9.59 Å². The fraction of sp³-hybridized carbons (Fsp3) is 0.444. The first kappa shape index (κ1) is 17.6. The highest BCUT2D eigenvalue weighted by molar-refractivity contribution is 8.00. The number of thioether (sulfide) groups is 1. The van der Waals surface area contributed by atoms with Crippen molar-refractivity contribution in [2.45, 2.75) is 44.4 Å². The summed E-state index contributed by atoms with van der Waals surface area (Å²) in [6.07, 6.45) is 6.70. The summed E-state index contributed by atoms with van der Waals surface area (Å²) < 4.78 is 0. The van der Waals surface area contributed by atoms with Gasteiger partial charge in [0.2, 0.25) is 11.8 Å². The van der Waals surface area contributed by atoms with Gasteiger partial charge >= 0.3 is 0 Å². The number of benzene rings is 1. The Balaban J connectivity index is 1.89. The highest BCUT2D eigenvalue weighted by Gasteiger charge is 2.17. The van der Waals surface area contributed by atoms with Crippen LogP contribution in [0.25, 0.3) is 0 Å². The predicted octanol–water partition coefficient (Wildman–Crippen LogP) is 4.04. The van der Waals surface area contributed by atoms with Gasteiger partial charge in [-0.2, -0.15) is 0 Å². The minimum Gasteiger partial charge on any atom is -0.326 e. The van der Waals surface area contributed by atoms with Crippen molar-refractivity contribution in [2.24, 2.45) is 0 Å². The van der Waals surface area contributed by atoms with Gasteiger partial charge < -0.3 is 10.2 Å². The fourth-order valence-electron chi connectivity index (χ4n) is 2.67. The number of nitrogens with one attached hydrogen (secondary N) is 1. The van der Waals surface area contributed by atoms with Crippen LogP contribution in [-0.4, -0.2) is 29.0 Å². The van der Waals surface area contributed by atoms with Gasteiger partial charge in [-0.1, -0.05) is 6.08 Å². The highest BCUT2D eigenvalue weighted by Crippen LogP contribution is 2.24. The Labute approximate surface area is 142 Å². The molecule has 1 N–H and O–H groups in total. The molecule has 0 saturated carbocycles. The van der Waals surface area contributed by atoms with E-state index in [4.69, 9.17) is 0 Å². The maximum Gasteiger partial charge on any atom is 0.237 e. The zero-order valence-electron chi connectivity index (χ0n) is 13.8. The number of nitrogens with zero attached hydrogens (tertiary/aromatic N) is 1. The van der Waals surface area contributed by atoms with Gasteiger partial charge in [-0.3, -0.25) is 9.59 Å². The van der Waals surface area contributed by atoms with E-state index in [1.807, 2.05) is 36.1 Å². The van der Waals surface area contributed by atoms with Crippen molar-refractivity contribution in [3.63, 3.8) is 0 Å². The number of hydrogen-bond acceptors (Lipinski definition) is 3. The number of carbonyl (C=O) groups is 2. The summed E-state index contributed by atoms with van der Waals surface area (Å²) in [7, 11) is 0. The summed E-state index contributed by atoms with van der Waals surface area (Å²) in [6.45, 7) is 4.24. The summed E-state index contributed by atoms with van der Waals surface area (Å²) in [5, 5.41) is 2.74. The maximum absolute atomic E-state index is 12.5. The molecule has 124 valence electrons. The zero-order valence-corrected chi connectivity index (χ0v) is 14.6. The van der Waals surface area contributed by atoms with Crippen molar-refractivity contribution in [1.29, 1.82) is 0 Å². The maximum atomic E-state index is 12.5. The van der Waals surface area contributed by atoms with E-state index in [0.29, 0.717) is 5.75 Å². The molecule has 0 radical (unpaired) electrons. The third-order valence-corrected chi connectivity index (χ3v) is 4.76. The minimum absolute atomic E-state index is 0.0834. The lowest BCUT2D eigenvalue weighted by Gasteiger charge is -2.26. The van der Waals surface area contributed by atoms with Crippen molar-refractivity contribution in [2.75, 3.05) is 17.6 Å². The summed E-state index contributed by atoms with van der Waals surface area (Å²) >= 11 is 1.53.